The van der Waals surface area contributed by atoms with Crippen LogP contribution >= 0.6 is 0 Å². The lowest BCUT2D eigenvalue weighted by Gasteiger charge is -2.42. The number of carbonyl (C=O) groups excluding carboxylic acids is 2. The number of Topliss-reactive ketones (excluding diaryl/α,β-unsaturated/α-hetero) is 1. The van der Waals surface area contributed by atoms with Crippen molar-refractivity contribution in [1.29, 1.82) is 0 Å². The average Bonchev–Trinajstić information content (AvgIpc) is 2.53. The highest BCUT2D eigenvalue weighted by Gasteiger charge is 2.35. The van der Waals surface area contributed by atoms with Gasteiger partial charge in [0.2, 0.25) is 5.91 Å². The molecule has 148 valence electrons. The van der Waals surface area contributed by atoms with Crippen molar-refractivity contribution in [3.05, 3.63) is 29.6 Å². The number of carbonyl (C=O) groups is 2. The fourth-order valence-corrected chi connectivity index (χ4v) is 3.30. The van der Waals surface area contributed by atoms with Crippen molar-refractivity contribution >= 4 is 24.5 Å². The second-order valence-corrected chi connectivity index (χ2v) is 7.64. The number of anilines is 1. The molecule has 6 nitrogen and oxygen atoms in total. The summed E-state index contributed by atoms with van der Waals surface area (Å²) in [6, 6.07) is 4.51. The maximum atomic E-state index is 14.1. The Morgan fingerprint density at radius 3 is 2.56 bits per heavy atom. The molecule has 0 bridgehead atoms. The third-order valence-electron chi connectivity index (χ3n) is 4.83. The maximum Gasteiger partial charge on any atom is 0.475 e. The monoisotopic (exact) mass is 378 g/mol. The number of hydrogen-bond donors (Lipinski definition) is 3. The van der Waals surface area contributed by atoms with E-state index in [0.29, 0.717) is 25.1 Å². The van der Waals surface area contributed by atoms with Gasteiger partial charge in [-0.2, -0.15) is 0 Å². The van der Waals surface area contributed by atoms with Crippen LogP contribution in [0.5, 0.6) is 0 Å². The first kappa shape index (κ1) is 21.4. The van der Waals surface area contributed by atoms with E-state index in [1.165, 1.54) is 6.07 Å². The average molecular weight is 378 g/mol. The molecule has 2 rings (SSSR count). The molecule has 1 saturated heterocycles. The molecular weight excluding hydrogens is 350 g/mol. The maximum absolute atomic E-state index is 14.1. The molecule has 0 spiro atoms. The van der Waals surface area contributed by atoms with Crippen LogP contribution in [0, 0.1) is 18.7 Å². The topological polar surface area (TPSA) is 89.9 Å². The van der Waals surface area contributed by atoms with Gasteiger partial charge in [-0.25, -0.2) is 4.39 Å². The molecule has 1 aliphatic rings. The lowest BCUT2D eigenvalue weighted by Crippen LogP contribution is -2.53. The molecule has 1 aromatic rings. The molecule has 1 unspecified atom stereocenters. The Labute approximate surface area is 159 Å². The molecule has 0 aliphatic carbocycles. The lowest BCUT2D eigenvalue weighted by molar-refractivity contribution is -0.126. The smallest absolute Gasteiger partial charge is 0.426 e. The zero-order valence-electron chi connectivity index (χ0n) is 16.1. The van der Waals surface area contributed by atoms with Gasteiger partial charge in [0.25, 0.3) is 0 Å². The molecule has 1 aliphatic heterocycles. The summed E-state index contributed by atoms with van der Waals surface area (Å²) < 4.78 is 14.1. The van der Waals surface area contributed by atoms with Gasteiger partial charge in [0, 0.05) is 19.4 Å². The first-order valence-corrected chi connectivity index (χ1v) is 9.40. The van der Waals surface area contributed by atoms with E-state index < -0.39 is 25.0 Å². The Morgan fingerprint density at radius 2 is 2.04 bits per heavy atom. The number of nitrogens with zero attached hydrogens (tertiary/aromatic N) is 1. The molecule has 8 heteroatoms. The molecule has 1 aromatic carbocycles. The minimum atomic E-state index is -1.64. The summed E-state index contributed by atoms with van der Waals surface area (Å²) in [7, 11) is -1.64. The highest BCUT2D eigenvalue weighted by Crippen LogP contribution is 2.30. The van der Waals surface area contributed by atoms with Crippen LogP contribution in [0.25, 0.3) is 0 Å². The normalized spacial score (nSPS) is 17.4. The van der Waals surface area contributed by atoms with Gasteiger partial charge in [-0.15, -0.1) is 0 Å². The SMILES string of the molecule is Cc1ccc(N2CC[C@H]2C(=O)CCC(=O)NC(CC(C)C)B(O)O)c(F)c1. The van der Waals surface area contributed by atoms with Gasteiger partial charge in [0.05, 0.1) is 17.7 Å². The van der Waals surface area contributed by atoms with Crippen LogP contribution in [0.15, 0.2) is 18.2 Å². The first-order chi connectivity index (χ1) is 12.7. The molecular formula is C19H28BFN2O4. The van der Waals surface area contributed by atoms with E-state index in [1.807, 2.05) is 13.8 Å². The van der Waals surface area contributed by atoms with Gasteiger partial charge in [0.15, 0.2) is 5.78 Å². The van der Waals surface area contributed by atoms with Crippen molar-refractivity contribution in [1.82, 2.24) is 5.32 Å². The van der Waals surface area contributed by atoms with Crippen molar-refractivity contribution in [2.24, 2.45) is 5.92 Å². The summed E-state index contributed by atoms with van der Waals surface area (Å²) in [6.07, 6.45) is 1.08. The fraction of sp³-hybridized carbons (Fsp3) is 0.579. The molecule has 3 N–H and O–H groups in total. The minimum Gasteiger partial charge on any atom is -0.426 e. The Bertz CT molecular complexity index is 684. The second-order valence-electron chi connectivity index (χ2n) is 7.64. The van der Waals surface area contributed by atoms with Gasteiger partial charge in [-0.3, -0.25) is 9.59 Å². The summed E-state index contributed by atoms with van der Waals surface area (Å²) in [5.41, 5.74) is 1.23. The van der Waals surface area contributed by atoms with Crippen LogP contribution in [-0.2, 0) is 9.59 Å². The highest BCUT2D eigenvalue weighted by molar-refractivity contribution is 6.43. The molecule has 0 radical (unpaired) electrons. The van der Waals surface area contributed by atoms with E-state index in [1.54, 1.807) is 24.0 Å². The number of halogens is 1. The Balaban J connectivity index is 1.87. The van der Waals surface area contributed by atoms with Gasteiger partial charge in [-0.05, 0) is 43.4 Å². The minimum absolute atomic E-state index is 0.0269. The predicted octanol–water partition coefficient (Wildman–Crippen LogP) is 1.61. The Hall–Kier alpha value is -1.93. The zero-order chi connectivity index (χ0) is 20.1. The van der Waals surface area contributed by atoms with Gasteiger partial charge in [0.1, 0.15) is 5.82 Å². The number of ketones is 1. The lowest BCUT2D eigenvalue weighted by atomic mass is 9.75. The van der Waals surface area contributed by atoms with Crippen molar-refractivity contribution in [3.63, 3.8) is 0 Å². The third kappa shape index (κ3) is 5.77. The van der Waals surface area contributed by atoms with E-state index >= 15 is 0 Å². The zero-order valence-corrected chi connectivity index (χ0v) is 16.1. The van der Waals surface area contributed by atoms with Gasteiger partial charge < -0.3 is 20.3 Å². The first-order valence-electron chi connectivity index (χ1n) is 9.40. The molecule has 1 heterocycles. The molecule has 1 fully saturated rings. The number of aryl methyl sites for hydroxylation is 1. The Kier molecular flexibility index (Phi) is 7.38. The number of rotatable bonds is 9. The van der Waals surface area contributed by atoms with E-state index in [0.717, 1.165) is 5.56 Å². The quantitative estimate of drug-likeness (QED) is 0.568. The standard InChI is InChI=1S/C19H28BFN2O4/c1-12(2)10-18(20(26)27)22-19(25)7-6-17(24)16-8-9-23(16)15-5-4-13(3)11-14(15)21/h4-5,11-12,16,18,26-27H,6-10H2,1-3H3,(H,22,25)/t16-,18?/m0/s1. The number of nitrogens with one attached hydrogen (secondary N) is 1. The van der Waals surface area contributed by atoms with Crippen molar-refractivity contribution in [3.8, 4) is 0 Å². The summed E-state index contributed by atoms with van der Waals surface area (Å²) in [4.78, 5) is 26.2. The van der Waals surface area contributed by atoms with Crippen LogP contribution in [0.4, 0.5) is 10.1 Å². The number of amides is 1. The van der Waals surface area contributed by atoms with Crippen LogP contribution in [0.2, 0.25) is 0 Å². The second kappa shape index (κ2) is 9.33. The molecule has 1 amide bonds. The highest BCUT2D eigenvalue weighted by atomic mass is 19.1. The Morgan fingerprint density at radius 1 is 1.33 bits per heavy atom. The molecule has 27 heavy (non-hydrogen) atoms. The van der Waals surface area contributed by atoms with Crippen LogP contribution < -0.4 is 10.2 Å². The fourth-order valence-electron chi connectivity index (χ4n) is 3.30. The van der Waals surface area contributed by atoms with E-state index in [9.17, 15) is 24.0 Å². The summed E-state index contributed by atoms with van der Waals surface area (Å²) in [5, 5.41) is 21.3. The van der Waals surface area contributed by atoms with Crippen molar-refractivity contribution in [2.45, 2.75) is 58.4 Å². The van der Waals surface area contributed by atoms with Crippen LogP contribution in [0.3, 0.4) is 0 Å². The summed E-state index contributed by atoms with van der Waals surface area (Å²) in [6.45, 7) is 6.25. The van der Waals surface area contributed by atoms with Gasteiger partial charge in [-0.1, -0.05) is 19.9 Å². The summed E-state index contributed by atoms with van der Waals surface area (Å²) in [5.74, 6) is -1.42. The van der Waals surface area contributed by atoms with Crippen molar-refractivity contribution < 1.29 is 24.0 Å². The van der Waals surface area contributed by atoms with E-state index in [2.05, 4.69) is 5.32 Å². The van der Waals surface area contributed by atoms with Gasteiger partial charge >= 0.3 is 7.12 Å². The van der Waals surface area contributed by atoms with Crippen molar-refractivity contribution in [2.75, 3.05) is 11.4 Å². The molecule has 2 atom stereocenters. The number of benzene rings is 1. The van der Waals surface area contributed by atoms with E-state index in [4.69, 9.17) is 0 Å². The van der Waals surface area contributed by atoms with E-state index in [-0.39, 0.29) is 30.4 Å². The molecule has 0 aromatic heterocycles. The number of hydrogen-bond acceptors (Lipinski definition) is 5. The molecule has 0 saturated carbocycles. The predicted molar refractivity (Wildman–Crippen MR) is 103 cm³/mol. The summed E-state index contributed by atoms with van der Waals surface area (Å²) >= 11 is 0. The van der Waals surface area contributed by atoms with Crippen LogP contribution in [0.1, 0.15) is 45.1 Å². The van der Waals surface area contributed by atoms with Crippen LogP contribution in [-0.4, -0.2) is 47.4 Å². The third-order valence-corrected chi connectivity index (χ3v) is 4.83. The largest absolute Gasteiger partial charge is 0.475 e.